The molecule has 0 fully saturated rings. The van der Waals surface area contributed by atoms with Gasteiger partial charge in [0.05, 0.1) is 11.7 Å². The molecule has 0 radical (unpaired) electrons. The third-order valence-electron chi connectivity index (χ3n) is 3.75. The van der Waals surface area contributed by atoms with E-state index in [4.69, 9.17) is 5.10 Å². The zero-order valence-electron chi connectivity index (χ0n) is 12.3. The minimum Gasteiger partial charge on any atom is -0.315 e. The summed E-state index contributed by atoms with van der Waals surface area (Å²) in [5, 5.41) is 8.16. The van der Waals surface area contributed by atoms with Gasteiger partial charge in [-0.25, -0.2) is 0 Å². The number of hydrogen-bond donors (Lipinski definition) is 1. The van der Waals surface area contributed by atoms with Crippen molar-refractivity contribution in [2.45, 2.75) is 33.7 Å². The first-order chi connectivity index (χ1) is 9.15. The van der Waals surface area contributed by atoms with Crippen LogP contribution in [0.1, 0.15) is 35.5 Å². The van der Waals surface area contributed by atoms with Crippen LogP contribution >= 0.6 is 0 Å². The van der Waals surface area contributed by atoms with E-state index in [0.29, 0.717) is 0 Å². The summed E-state index contributed by atoms with van der Waals surface area (Å²) in [4.78, 5) is 0. The smallest absolute Gasteiger partial charge is 0.0896 e. The third-order valence-corrected chi connectivity index (χ3v) is 3.75. The number of likely N-dealkylation sites (N-methyl/N-ethyl adjacent to an activating group) is 1. The number of hydrogen-bond acceptors (Lipinski definition) is 2. The Morgan fingerprint density at radius 2 is 1.84 bits per heavy atom. The van der Waals surface area contributed by atoms with E-state index in [-0.39, 0.29) is 6.04 Å². The summed E-state index contributed by atoms with van der Waals surface area (Å²) >= 11 is 0. The lowest BCUT2D eigenvalue weighted by atomic mass is 10.1. The van der Waals surface area contributed by atoms with Gasteiger partial charge in [-0.05, 0) is 38.4 Å². The molecule has 0 aliphatic heterocycles. The van der Waals surface area contributed by atoms with Gasteiger partial charge in [0, 0.05) is 12.2 Å². The van der Waals surface area contributed by atoms with Gasteiger partial charge in [0.15, 0.2) is 0 Å². The lowest BCUT2D eigenvalue weighted by molar-refractivity contribution is 0.475. The second-order valence-electron chi connectivity index (χ2n) is 4.97. The van der Waals surface area contributed by atoms with Crippen LogP contribution in [0, 0.1) is 20.8 Å². The molecule has 1 N–H and O–H groups in total. The summed E-state index contributed by atoms with van der Waals surface area (Å²) in [5.41, 5.74) is 4.96. The minimum absolute atomic E-state index is 0.258. The van der Waals surface area contributed by atoms with Crippen molar-refractivity contribution in [1.29, 1.82) is 0 Å². The Balaban J connectivity index is 2.40. The quantitative estimate of drug-likeness (QED) is 0.892. The first-order valence-electron chi connectivity index (χ1n) is 6.93. The van der Waals surface area contributed by atoms with Crippen molar-refractivity contribution in [2.24, 2.45) is 0 Å². The van der Waals surface area contributed by atoms with Gasteiger partial charge < -0.3 is 5.32 Å². The van der Waals surface area contributed by atoms with Gasteiger partial charge in [0.25, 0.3) is 0 Å². The molecule has 0 aliphatic rings. The van der Waals surface area contributed by atoms with Crippen LogP contribution in [0.4, 0.5) is 0 Å². The third kappa shape index (κ3) is 2.87. The molecule has 19 heavy (non-hydrogen) atoms. The highest BCUT2D eigenvalue weighted by molar-refractivity contribution is 5.27. The fourth-order valence-corrected chi connectivity index (χ4v) is 2.35. The molecular formula is C16H23N3. The zero-order valence-corrected chi connectivity index (χ0v) is 12.3. The van der Waals surface area contributed by atoms with Gasteiger partial charge in [-0.15, -0.1) is 0 Å². The lowest BCUT2D eigenvalue weighted by Gasteiger charge is -2.20. The summed E-state index contributed by atoms with van der Waals surface area (Å²) in [6, 6.07) is 10.8. The summed E-state index contributed by atoms with van der Waals surface area (Å²) < 4.78 is 2.16. The van der Waals surface area contributed by atoms with Crippen LogP contribution in [0.3, 0.4) is 0 Å². The predicted octanol–water partition coefficient (Wildman–Crippen LogP) is 3.01. The largest absolute Gasteiger partial charge is 0.315 e. The number of rotatable bonds is 5. The monoisotopic (exact) mass is 257 g/mol. The van der Waals surface area contributed by atoms with E-state index in [1.165, 1.54) is 16.8 Å². The molecule has 102 valence electrons. The molecule has 0 aliphatic carbocycles. The maximum Gasteiger partial charge on any atom is 0.0896 e. The van der Waals surface area contributed by atoms with E-state index in [1.54, 1.807) is 0 Å². The average molecular weight is 257 g/mol. The number of nitrogens with one attached hydrogen (secondary N) is 1. The summed E-state index contributed by atoms with van der Waals surface area (Å²) in [5.74, 6) is 0. The molecule has 1 atom stereocenters. The highest BCUT2D eigenvalue weighted by Gasteiger charge is 2.18. The fraction of sp³-hybridized carbons (Fsp3) is 0.438. The van der Waals surface area contributed by atoms with Crippen LogP contribution in [0.2, 0.25) is 0 Å². The molecule has 2 rings (SSSR count). The number of aromatic nitrogens is 2. The van der Waals surface area contributed by atoms with Gasteiger partial charge in [-0.3, -0.25) is 4.68 Å². The van der Waals surface area contributed by atoms with Crippen LogP contribution in [-0.2, 0) is 0 Å². The van der Waals surface area contributed by atoms with E-state index in [2.05, 4.69) is 68.0 Å². The molecule has 0 spiro atoms. The molecular weight excluding hydrogens is 234 g/mol. The Hall–Kier alpha value is -1.61. The van der Waals surface area contributed by atoms with Crippen LogP contribution in [0.15, 0.2) is 30.3 Å². The molecule has 0 saturated carbocycles. The topological polar surface area (TPSA) is 29.9 Å². The van der Waals surface area contributed by atoms with Gasteiger partial charge in [-0.2, -0.15) is 5.10 Å². The van der Waals surface area contributed by atoms with Crippen molar-refractivity contribution in [1.82, 2.24) is 15.1 Å². The molecule has 1 unspecified atom stereocenters. The molecule has 1 aromatic carbocycles. The van der Waals surface area contributed by atoms with E-state index in [1.807, 2.05) is 0 Å². The minimum atomic E-state index is 0.258. The number of benzene rings is 1. The number of nitrogens with zero attached hydrogens (tertiary/aromatic N) is 2. The second kappa shape index (κ2) is 6.02. The molecule has 3 nitrogen and oxygen atoms in total. The Morgan fingerprint density at radius 1 is 1.16 bits per heavy atom. The van der Waals surface area contributed by atoms with Crippen LogP contribution < -0.4 is 5.32 Å². The molecule has 1 aromatic heterocycles. The van der Waals surface area contributed by atoms with Crippen molar-refractivity contribution in [3.05, 3.63) is 52.8 Å². The Kier molecular flexibility index (Phi) is 4.38. The molecule has 2 aromatic rings. The van der Waals surface area contributed by atoms with Gasteiger partial charge >= 0.3 is 0 Å². The summed E-state index contributed by atoms with van der Waals surface area (Å²) in [6.07, 6.45) is 0. The molecule has 1 heterocycles. The second-order valence-corrected chi connectivity index (χ2v) is 4.97. The predicted molar refractivity (Wildman–Crippen MR) is 79.6 cm³/mol. The molecule has 0 bridgehead atoms. The van der Waals surface area contributed by atoms with E-state index in [0.717, 1.165) is 18.8 Å². The van der Waals surface area contributed by atoms with E-state index < -0.39 is 0 Å². The fourth-order valence-electron chi connectivity index (χ4n) is 2.35. The summed E-state index contributed by atoms with van der Waals surface area (Å²) in [7, 11) is 0. The van der Waals surface area contributed by atoms with Gasteiger partial charge in [0.1, 0.15) is 0 Å². The van der Waals surface area contributed by atoms with Crippen molar-refractivity contribution >= 4 is 0 Å². The van der Waals surface area contributed by atoms with E-state index >= 15 is 0 Å². The van der Waals surface area contributed by atoms with Crippen LogP contribution in [0.25, 0.3) is 0 Å². The molecule has 3 heteroatoms. The normalized spacial score (nSPS) is 12.6. The summed E-state index contributed by atoms with van der Waals surface area (Å²) in [6.45, 7) is 10.4. The van der Waals surface area contributed by atoms with Crippen molar-refractivity contribution in [3.8, 4) is 0 Å². The van der Waals surface area contributed by atoms with Gasteiger partial charge in [0.2, 0.25) is 0 Å². The van der Waals surface area contributed by atoms with Gasteiger partial charge in [-0.1, -0.05) is 37.3 Å². The van der Waals surface area contributed by atoms with Crippen molar-refractivity contribution in [2.75, 3.05) is 13.1 Å². The molecule has 0 saturated heterocycles. The highest BCUT2D eigenvalue weighted by atomic mass is 15.3. The Bertz CT molecular complexity index is 528. The van der Waals surface area contributed by atoms with Crippen LogP contribution in [0.5, 0.6) is 0 Å². The SMILES string of the molecule is CCNCC(c1ccccc1)n1nc(C)c(C)c1C. The first kappa shape index (κ1) is 13.8. The maximum absolute atomic E-state index is 4.72. The highest BCUT2D eigenvalue weighted by Crippen LogP contribution is 2.22. The Morgan fingerprint density at radius 3 is 2.37 bits per heavy atom. The average Bonchev–Trinajstić information content (AvgIpc) is 2.69. The lowest BCUT2D eigenvalue weighted by Crippen LogP contribution is -2.27. The van der Waals surface area contributed by atoms with Crippen LogP contribution in [-0.4, -0.2) is 22.9 Å². The van der Waals surface area contributed by atoms with Crippen molar-refractivity contribution in [3.63, 3.8) is 0 Å². The number of aryl methyl sites for hydroxylation is 1. The molecule has 0 amide bonds. The Labute approximate surface area is 115 Å². The maximum atomic E-state index is 4.72. The van der Waals surface area contributed by atoms with E-state index in [9.17, 15) is 0 Å². The standard InChI is InChI=1S/C16H23N3/c1-5-17-11-16(15-9-7-6-8-10-15)19-14(4)12(2)13(3)18-19/h6-10,16-17H,5,11H2,1-4H3. The first-order valence-corrected chi connectivity index (χ1v) is 6.93. The zero-order chi connectivity index (χ0) is 13.8. The van der Waals surface area contributed by atoms with Crippen molar-refractivity contribution < 1.29 is 0 Å².